The van der Waals surface area contributed by atoms with Crippen LogP contribution in [0.5, 0.6) is 0 Å². The summed E-state index contributed by atoms with van der Waals surface area (Å²) < 4.78 is 0. The van der Waals surface area contributed by atoms with Crippen molar-refractivity contribution in [2.75, 3.05) is 20.2 Å². The van der Waals surface area contributed by atoms with E-state index in [0.29, 0.717) is 6.61 Å². The van der Waals surface area contributed by atoms with E-state index in [-0.39, 0.29) is 0 Å². The second-order valence-electron chi connectivity index (χ2n) is 4.47. The SMILES string of the molecule is CC1CCC(N(C)CCCO)CC1. The fourth-order valence-electron chi connectivity index (χ4n) is 2.19. The van der Waals surface area contributed by atoms with Crippen LogP contribution in [0.25, 0.3) is 0 Å². The molecule has 2 nitrogen and oxygen atoms in total. The van der Waals surface area contributed by atoms with Crippen LogP contribution in [-0.4, -0.2) is 36.2 Å². The maximum Gasteiger partial charge on any atom is 0.0443 e. The fraction of sp³-hybridized carbons (Fsp3) is 1.00. The Labute approximate surface area is 81.9 Å². The van der Waals surface area contributed by atoms with Crippen molar-refractivity contribution in [2.24, 2.45) is 5.92 Å². The molecule has 0 saturated heterocycles. The molecule has 78 valence electrons. The lowest BCUT2D eigenvalue weighted by Gasteiger charge is -2.33. The Morgan fingerprint density at radius 3 is 2.38 bits per heavy atom. The minimum absolute atomic E-state index is 0.327. The van der Waals surface area contributed by atoms with Gasteiger partial charge in [-0.15, -0.1) is 0 Å². The second-order valence-corrected chi connectivity index (χ2v) is 4.47. The standard InChI is InChI=1S/C11H23NO/c1-10-4-6-11(7-5-10)12(2)8-3-9-13/h10-11,13H,3-9H2,1-2H3. The smallest absolute Gasteiger partial charge is 0.0443 e. The van der Waals surface area contributed by atoms with Gasteiger partial charge in [-0.2, -0.15) is 0 Å². The van der Waals surface area contributed by atoms with Gasteiger partial charge in [-0.3, -0.25) is 0 Å². The summed E-state index contributed by atoms with van der Waals surface area (Å²) in [5.41, 5.74) is 0. The Bertz CT molecular complexity index is 130. The average Bonchev–Trinajstić information content (AvgIpc) is 2.15. The summed E-state index contributed by atoms with van der Waals surface area (Å²) in [4.78, 5) is 2.42. The highest BCUT2D eigenvalue weighted by atomic mass is 16.3. The van der Waals surface area contributed by atoms with E-state index in [0.717, 1.165) is 24.9 Å². The van der Waals surface area contributed by atoms with E-state index >= 15 is 0 Å². The summed E-state index contributed by atoms with van der Waals surface area (Å²) >= 11 is 0. The van der Waals surface area contributed by atoms with Crippen LogP contribution in [0, 0.1) is 5.92 Å². The lowest BCUT2D eigenvalue weighted by Crippen LogP contribution is -2.35. The van der Waals surface area contributed by atoms with Crippen LogP contribution in [-0.2, 0) is 0 Å². The molecular formula is C11H23NO. The van der Waals surface area contributed by atoms with Crippen molar-refractivity contribution in [3.8, 4) is 0 Å². The molecule has 13 heavy (non-hydrogen) atoms. The number of aliphatic hydroxyl groups is 1. The third-order valence-electron chi connectivity index (χ3n) is 3.28. The van der Waals surface area contributed by atoms with Gasteiger partial charge in [0, 0.05) is 19.2 Å². The van der Waals surface area contributed by atoms with Crippen molar-refractivity contribution >= 4 is 0 Å². The molecule has 1 N–H and O–H groups in total. The van der Waals surface area contributed by atoms with E-state index in [2.05, 4.69) is 18.9 Å². The summed E-state index contributed by atoms with van der Waals surface area (Å²) in [7, 11) is 2.19. The third-order valence-corrected chi connectivity index (χ3v) is 3.28. The maximum atomic E-state index is 8.73. The molecule has 0 radical (unpaired) electrons. The zero-order chi connectivity index (χ0) is 9.68. The summed E-state index contributed by atoms with van der Waals surface area (Å²) in [6.45, 7) is 3.73. The molecular weight excluding hydrogens is 162 g/mol. The van der Waals surface area contributed by atoms with Crippen molar-refractivity contribution < 1.29 is 5.11 Å². The van der Waals surface area contributed by atoms with Crippen LogP contribution in [0.15, 0.2) is 0 Å². The molecule has 2 heteroatoms. The van der Waals surface area contributed by atoms with Gasteiger partial charge < -0.3 is 10.0 Å². The third kappa shape index (κ3) is 3.65. The van der Waals surface area contributed by atoms with Crippen LogP contribution >= 0.6 is 0 Å². The van der Waals surface area contributed by atoms with Crippen molar-refractivity contribution in [3.63, 3.8) is 0 Å². The monoisotopic (exact) mass is 185 g/mol. The van der Waals surface area contributed by atoms with Gasteiger partial charge in [0.2, 0.25) is 0 Å². The molecule has 0 unspecified atom stereocenters. The summed E-state index contributed by atoms with van der Waals surface area (Å²) in [6, 6.07) is 0.780. The van der Waals surface area contributed by atoms with Crippen LogP contribution in [0.4, 0.5) is 0 Å². The molecule has 0 aliphatic heterocycles. The highest BCUT2D eigenvalue weighted by Crippen LogP contribution is 2.26. The van der Waals surface area contributed by atoms with E-state index in [1.54, 1.807) is 0 Å². The molecule has 0 aromatic heterocycles. The summed E-state index contributed by atoms with van der Waals surface area (Å²) in [5, 5.41) is 8.73. The Morgan fingerprint density at radius 2 is 1.85 bits per heavy atom. The highest BCUT2D eigenvalue weighted by molar-refractivity contribution is 4.76. The van der Waals surface area contributed by atoms with Crippen LogP contribution in [0.2, 0.25) is 0 Å². The average molecular weight is 185 g/mol. The van der Waals surface area contributed by atoms with Gasteiger partial charge >= 0.3 is 0 Å². The van der Waals surface area contributed by atoms with Crippen LogP contribution in [0.3, 0.4) is 0 Å². The lowest BCUT2D eigenvalue weighted by atomic mass is 9.87. The summed E-state index contributed by atoms with van der Waals surface area (Å²) in [6.07, 6.45) is 6.39. The van der Waals surface area contributed by atoms with Gasteiger partial charge in [-0.05, 0) is 45.1 Å². The van der Waals surface area contributed by atoms with Crippen molar-refractivity contribution in [2.45, 2.75) is 45.1 Å². The Morgan fingerprint density at radius 1 is 1.23 bits per heavy atom. The first kappa shape index (κ1) is 11.0. The predicted octanol–water partition coefficient (Wildman–Crippen LogP) is 1.88. The first-order valence-corrected chi connectivity index (χ1v) is 5.55. The van der Waals surface area contributed by atoms with E-state index < -0.39 is 0 Å². The zero-order valence-corrected chi connectivity index (χ0v) is 9.00. The molecule has 0 aromatic carbocycles. The van der Waals surface area contributed by atoms with E-state index in [1.165, 1.54) is 25.7 Å². The van der Waals surface area contributed by atoms with Crippen molar-refractivity contribution in [1.82, 2.24) is 4.90 Å². The van der Waals surface area contributed by atoms with Crippen molar-refractivity contribution in [3.05, 3.63) is 0 Å². The molecule has 1 aliphatic carbocycles. The quantitative estimate of drug-likeness (QED) is 0.723. The van der Waals surface area contributed by atoms with Crippen LogP contribution in [0.1, 0.15) is 39.0 Å². The molecule has 1 rings (SSSR count). The number of hydrogen-bond acceptors (Lipinski definition) is 2. The van der Waals surface area contributed by atoms with Gasteiger partial charge in [0.1, 0.15) is 0 Å². The van der Waals surface area contributed by atoms with Crippen LogP contribution < -0.4 is 0 Å². The van der Waals surface area contributed by atoms with Gasteiger partial charge in [-0.1, -0.05) is 6.92 Å². The first-order chi connectivity index (χ1) is 6.24. The maximum absolute atomic E-state index is 8.73. The topological polar surface area (TPSA) is 23.5 Å². The molecule has 1 aliphatic rings. The van der Waals surface area contributed by atoms with Gasteiger partial charge in [0.15, 0.2) is 0 Å². The minimum Gasteiger partial charge on any atom is -0.396 e. The molecule has 1 saturated carbocycles. The summed E-state index contributed by atoms with van der Waals surface area (Å²) in [5.74, 6) is 0.933. The largest absolute Gasteiger partial charge is 0.396 e. The predicted molar refractivity (Wildman–Crippen MR) is 55.8 cm³/mol. The highest BCUT2D eigenvalue weighted by Gasteiger charge is 2.20. The Kier molecular flexibility index (Phi) is 4.74. The number of rotatable bonds is 4. The van der Waals surface area contributed by atoms with Crippen molar-refractivity contribution in [1.29, 1.82) is 0 Å². The molecule has 0 spiro atoms. The van der Waals surface area contributed by atoms with E-state index in [1.807, 2.05) is 0 Å². The van der Waals surface area contributed by atoms with Gasteiger partial charge in [0.05, 0.1) is 0 Å². The van der Waals surface area contributed by atoms with Gasteiger partial charge in [0.25, 0.3) is 0 Å². The minimum atomic E-state index is 0.327. The molecule has 0 atom stereocenters. The van der Waals surface area contributed by atoms with E-state index in [9.17, 15) is 0 Å². The number of aliphatic hydroxyl groups excluding tert-OH is 1. The first-order valence-electron chi connectivity index (χ1n) is 5.55. The number of nitrogens with zero attached hydrogens (tertiary/aromatic N) is 1. The molecule has 1 fully saturated rings. The second kappa shape index (κ2) is 5.61. The normalized spacial score (nSPS) is 29.5. The Hall–Kier alpha value is -0.0800. The molecule has 0 aromatic rings. The molecule has 0 heterocycles. The van der Waals surface area contributed by atoms with E-state index in [4.69, 9.17) is 5.11 Å². The van der Waals surface area contributed by atoms with Gasteiger partial charge in [-0.25, -0.2) is 0 Å². The molecule has 0 bridgehead atoms. The molecule has 0 amide bonds. The number of hydrogen-bond donors (Lipinski definition) is 1. The zero-order valence-electron chi connectivity index (χ0n) is 9.00. The Balaban J connectivity index is 2.19. The lowest BCUT2D eigenvalue weighted by molar-refractivity contribution is 0.156. The fourth-order valence-corrected chi connectivity index (χ4v) is 2.19.